The van der Waals surface area contributed by atoms with E-state index in [0.717, 1.165) is 24.1 Å². The number of fused-ring (bicyclic) bond motifs is 5. The summed E-state index contributed by atoms with van der Waals surface area (Å²) in [7, 11) is 3.12. The summed E-state index contributed by atoms with van der Waals surface area (Å²) >= 11 is 0. The van der Waals surface area contributed by atoms with Gasteiger partial charge in [0.2, 0.25) is 5.91 Å². The fourth-order valence-electron chi connectivity index (χ4n) is 6.93. The van der Waals surface area contributed by atoms with E-state index in [9.17, 15) is 9.59 Å². The molecule has 1 aliphatic carbocycles. The fourth-order valence-corrected chi connectivity index (χ4v) is 6.93. The number of esters is 1. The average molecular weight is 531 g/mol. The van der Waals surface area contributed by atoms with Crippen LogP contribution in [0.1, 0.15) is 72.3 Å². The fraction of sp³-hybridized carbons (Fsp3) is 0.500. The third-order valence-corrected chi connectivity index (χ3v) is 8.91. The number of hydrogen-bond acceptors (Lipinski definition) is 5. The van der Waals surface area contributed by atoms with E-state index in [1.807, 2.05) is 18.2 Å². The molecule has 1 saturated carbocycles. The zero-order chi connectivity index (χ0) is 26.9. The van der Waals surface area contributed by atoms with Crippen LogP contribution in [0.3, 0.4) is 0 Å². The SMILES string of the molecule is COC(=O)c1ccc2c(C3CCCCC3)c3n(c2c1)CC(NC(=O)C1CCOCC1)Cc1cc(OC)ccc1-3. The molecule has 1 amide bonds. The molecule has 0 radical (unpaired) electrons. The van der Waals surface area contributed by atoms with E-state index in [1.54, 1.807) is 7.11 Å². The Morgan fingerprint density at radius 3 is 2.51 bits per heavy atom. The predicted octanol–water partition coefficient (Wildman–Crippen LogP) is 5.62. The minimum absolute atomic E-state index is 0.0172. The van der Waals surface area contributed by atoms with Gasteiger partial charge in [-0.3, -0.25) is 4.79 Å². The molecule has 0 bridgehead atoms. The largest absolute Gasteiger partial charge is 0.497 e. The Labute approximate surface area is 229 Å². The van der Waals surface area contributed by atoms with E-state index in [2.05, 4.69) is 28.1 Å². The molecule has 0 spiro atoms. The van der Waals surface area contributed by atoms with E-state index in [4.69, 9.17) is 14.2 Å². The van der Waals surface area contributed by atoms with Crippen molar-refractivity contribution in [2.45, 2.75) is 69.9 Å². The van der Waals surface area contributed by atoms with Gasteiger partial charge in [-0.2, -0.15) is 0 Å². The van der Waals surface area contributed by atoms with Crippen molar-refractivity contribution in [1.82, 2.24) is 9.88 Å². The van der Waals surface area contributed by atoms with Crippen molar-refractivity contribution >= 4 is 22.8 Å². The number of nitrogens with one attached hydrogen (secondary N) is 1. The molecule has 3 aromatic rings. The molecule has 6 rings (SSSR count). The van der Waals surface area contributed by atoms with Gasteiger partial charge in [0.15, 0.2) is 0 Å². The minimum Gasteiger partial charge on any atom is -0.497 e. The number of carbonyl (C=O) groups is 2. The molecule has 3 heterocycles. The van der Waals surface area contributed by atoms with Gasteiger partial charge in [-0.15, -0.1) is 0 Å². The maximum absolute atomic E-state index is 13.4. The van der Waals surface area contributed by atoms with Gasteiger partial charge in [0, 0.05) is 42.1 Å². The first kappa shape index (κ1) is 25.9. The quantitative estimate of drug-likeness (QED) is 0.433. The molecular formula is C32H38N2O5. The van der Waals surface area contributed by atoms with E-state index in [0.29, 0.717) is 37.7 Å². The number of nitrogens with zero attached hydrogens (tertiary/aromatic N) is 1. The Bertz CT molecular complexity index is 1380. The topological polar surface area (TPSA) is 78.8 Å². The second-order valence-corrected chi connectivity index (χ2v) is 11.3. The molecular weight excluding hydrogens is 492 g/mol. The maximum Gasteiger partial charge on any atom is 0.337 e. The van der Waals surface area contributed by atoms with Crippen LogP contribution in [-0.2, 0) is 27.2 Å². The second kappa shape index (κ2) is 11.0. The first-order valence-electron chi connectivity index (χ1n) is 14.4. The third kappa shape index (κ3) is 4.93. The normalized spacial score (nSPS) is 20.1. The van der Waals surface area contributed by atoms with E-state index < -0.39 is 0 Å². The van der Waals surface area contributed by atoms with Crippen molar-refractivity contribution in [3.8, 4) is 17.0 Å². The molecule has 1 saturated heterocycles. The highest BCUT2D eigenvalue weighted by Gasteiger charge is 2.33. The summed E-state index contributed by atoms with van der Waals surface area (Å²) < 4.78 is 18.5. The molecule has 1 N–H and O–H groups in total. The Hall–Kier alpha value is -3.32. The number of rotatable bonds is 5. The Morgan fingerprint density at radius 1 is 0.974 bits per heavy atom. The van der Waals surface area contributed by atoms with Crippen molar-refractivity contribution in [1.29, 1.82) is 0 Å². The molecule has 3 aliphatic rings. The zero-order valence-corrected chi connectivity index (χ0v) is 23.0. The van der Waals surface area contributed by atoms with Gasteiger partial charge in [0.1, 0.15) is 5.75 Å². The smallest absolute Gasteiger partial charge is 0.337 e. The number of hydrogen-bond donors (Lipinski definition) is 1. The summed E-state index contributed by atoms with van der Waals surface area (Å²) in [5, 5.41) is 4.60. The van der Waals surface area contributed by atoms with Gasteiger partial charge in [-0.1, -0.05) is 25.3 Å². The van der Waals surface area contributed by atoms with Gasteiger partial charge < -0.3 is 24.1 Å². The number of ether oxygens (including phenoxy) is 3. The highest BCUT2D eigenvalue weighted by molar-refractivity contribution is 5.99. The van der Waals surface area contributed by atoms with Crippen LogP contribution < -0.4 is 10.1 Å². The van der Waals surface area contributed by atoms with Crippen molar-refractivity contribution < 1.29 is 23.8 Å². The summed E-state index contributed by atoms with van der Waals surface area (Å²) in [6.07, 6.45) is 8.31. The molecule has 206 valence electrons. The van der Waals surface area contributed by atoms with Gasteiger partial charge >= 0.3 is 5.97 Å². The van der Waals surface area contributed by atoms with Crippen LogP contribution in [0.4, 0.5) is 0 Å². The van der Waals surface area contributed by atoms with Crippen molar-refractivity contribution in [2.24, 2.45) is 5.92 Å². The average Bonchev–Trinajstić information content (AvgIpc) is 3.21. The van der Waals surface area contributed by atoms with E-state index in [1.165, 1.54) is 67.0 Å². The van der Waals surface area contributed by atoms with E-state index >= 15 is 0 Å². The van der Waals surface area contributed by atoms with Crippen LogP contribution in [0, 0.1) is 5.92 Å². The van der Waals surface area contributed by atoms with Crippen molar-refractivity contribution in [3.05, 3.63) is 53.1 Å². The summed E-state index contributed by atoms with van der Waals surface area (Å²) in [5.74, 6) is 1.03. The van der Waals surface area contributed by atoms with Crippen LogP contribution in [0.15, 0.2) is 36.4 Å². The molecule has 2 aromatic carbocycles. The summed E-state index contributed by atoms with van der Waals surface area (Å²) in [4.78, 5) is 25.9. The molecule has 2 aliphatic heterocycles. The zero-order valence-electron chi connectivity index (χ0n) is 23.0. The number of benzene rings is 2. The summed E-state index contributed by atoms with van der Waals surface area (Å²) in [6, 6.07) is 12.2. The number of carbonyl (C=O) groups excluding carboxylic acids is 2. The minimum atomic E-state index is -0.338. The number of amides is 1. The molecule has 7 nitrogen and oxygen atoms in total. The molecule has 1 unspecified atom stereocenters. The lowest BCUT2D eigenvalue weighted by Crippen LogP contribution is -2.43. The van der Waals surface area contributed by atoms with Gasteiger partial charge in [-0.05, 0) is 79.5 Å². The van der Waals surface area contributed by atoms with Crippen LogP contribution in [-0.4, -0.2) is 49.9 Å². The van der Waals surface area contributed by atoms with Crippen molar-refractivity contribution in [3.63, 3.8) is 0 Å². The van der Waals surface area contributed by atoms with Crippen LogP contribution >= 0.6 is 0 Å². The molecule has 39 heavy (non-hydrogen) atoms. The lowest BCUT2D eigenvalue weighted by molar-refractivity contribution is -0.128. The molecule has 1 aromatic heterocycles. The van der Waals surface area contributed by atoms with E-state index in [-0.39, 0.29) is 23.8 Å². The first-order chi connectivity index (χ1) is 19.1. The first-order valence-corrected chi connectivity index (χ1v) is 14.4. The predicted molar refractivity (Wildman–Crippen MR) is 150 cm³/mol. The van der Waals surface area contributed by atoms with Gasteiger partial charge in [-0.25, -0.2) is 4.79 Å². The molecule has 7 heteroatoms. The molecule has 1 atom stereocenters. The number of aromatic nitrogens is 1. The highest BCUT2D eigenvalue weighted by atomic mass is 16.5. The van der Waals surface area contributed by atoms with Crippen LogP contribution in [0.25, 0.3) is 22.2 Å². The van der Waals surface area contributed by atoms with Crippen LogP contribution in [0.2, 0.25) is 0 Å². The van der Waals surface area contributed by atoms with Crippen molar-refractivity contribution in [2.75, 3.05) is 27.4 Å². The monoisotopic (exact) mass is 530 g/mol. The maximum atomic E-state index is 13.4. The Kier molecular flexibility index (Phi) is 7.34. The Balaban J connectivity index is 1.52. The summed E-state index contributed by atoms with van der Waals surface area (Å²) in [5.41, 5.74) is 6.54. The lowest BCUT2D eigenvalue weighted by Gasteiger charge is -2.25. The standard InChI is InChI=1S/C32H38N2O5/c1-37-25-9-11-26-23(17-25)16-24(33-31(35)21-12-14-39-15-13-21)19-34-28-18-22(32(36)38-2)8-10-27(28)29(30(26)34)20-6-4-3-5-7-20/h8-11,17-18,20-21,24H,3-7,12-16,19H2,1-2H3,(H,33,35). The highest BCUT2D eigenvalue weighted by Crippen LogP contribution is 2.46. The van der Waals surface area contributed by atoms with Gasteiger partial charge in [0.05, 0.1) is 31.5 Å². The third-order valence-electron chi connectivity index (χ3n) is 8.91. The lowest BCUT2D eigenvalue weighted by atomic mass is 9.81. The molecule has 2 fully saturated rings. The summed E-state index contributed by atoms with van der Waals surface area (Å²) in [6.45, 7) is 1.90. The Morgan fingerprint density at radius 2 is 1.77 bits per heavy atom. The number of methoxy groups -OCH3 is 2. The van der Waals surface area contributed by atoms with Gasteiger partial charge in [0.25, 0.3) is 0 Å². The second-order valence-electron chi connectivity index (χ2n) is 11.3. The van der Waals surface area contributed by atoms with Crippen LogP contribution in [0.5, 0.6) is 5.75 Å².